The Hall–Kier alpha value is -5.87. The van der Waals surface area contributed by atoms with Crippen LogP contribution >= 0.6 is 0 Å². The normalized spacial score (nSPS) is 34.5. The molecule has 12 rings (SSSR count). The third-order valence-corrected chi connectivity index (χ3v) is 24.1. The van der Waals surface area contributed by atoms with Crippen LogP contribution in [-0.2, 0) is 110 Å². The third kappa shape index (κ3) is 17.5. The van der Waals surface area contributed by atoms with Gasteiger partial charge in [0, 0.05) is 42.9 Å². The average molecular weight is 1370 g/mol. The minimum Gasteiger partial charge on any atom is -0.462 e. The molecule has 0 N–H and O–H groups in total. The van der Waals surface area contributed by atoms with Gasteiger partial charge in [-0.05, 0) is 191 Å². The largest absolute Gasteiger partial charge is 0.462 e. The van der Waals surface area contributed by atoms with Crippen LogP contribution in [-0.4, -0.2) is 140 Å². The van der Waals surface area contributed by atoms with E-state index in [1.165, 1.54) is 0 Å². The highest BCUT2D eigenvalue weighted by Gasteiger charge is 2.64. The molecule has 5 saturated heterocycles. The number of esters is 11. The zero-order chi connectivity index (χ0) is 71.5. The number of ether oxygens (including phenoxy) is 12. The molecule has 23 heteroatoms. The third-order valence-electron chi connectivity index (χ3n) is 24.1. The van der Waals surface area contributed by atoms with Gasteiger partial charge in [-0.3, -0.25) is 47.9 Å². The van der Waals surface area contributed by atoms with Gasteiger partial charge >= 0.3 is 65.7 Å². The molecule has 5 aliphatic heterocycles. The second-order valence-electron chi connectivity index (χ2n) is 32.8. The number of hydrogen-bond acceptors (Lipinski definition) is 23. The molecule has 12 aliphatic rings. The van der Waals surface area contributed by atoms with Gasteiger partial charge in [0.05, 0.1) is 50.2 Å². The Balaban J connectivity index is 0.000000155. The maximum absolute atomic E-state index is 12.3. The summed E-state index contributed by atoms with van der Waals surface area (Å²) in [5.74, 6) is -0.952. The molecular weight excluding hydrogens is 1260 g/mol. The molecule has 97 heavy (non-hydrogen) atoms. The molecule has 546 valence electrons. The molecule has 0 aromatic carbocycles. The number of carbonyl (C=O) groups is 11. The SMILES string of the molecule is CCC(C)(C)C(=O)OC1CCC2(C)CC1OC2=O.CCC(C)(C)C(=O)OC1CCC2CC1OC2=O.CCC(C)(C)C(=O)OC1CCCCC1C1CCC(=O)O1.CCC(C)(C)C(=O)OCC(=O)OC1C2CC3C(=O)OC1C3C2.CCC(C)(C)C(=O)OCOC1C2CC3C(=O)OC1C3C2. The molecule has 0 radical (unpaired) electrons. The van der Waals surface area contributed by atoms with E-state index in [1.54, 1.807) is 13.8 Å². The number of rotatable bonds is 20. The van der Waals surface area contributed by atoms with E-state index >= 15 is 0 Å². The zero-order valence-corrected chi connectivity index (χ0v) is 60.5. The van der Waals surface area contributed by atoms with Gasteiger partial charge in [-0.1, -0.05) is 41.0 Å². The quantitative estimate of drug-likeness (QED) is 0.0621. The van der Waals surface area contributed by atoms with Crippen LogP contribution in [0.5, 0.6) is 0 Å². The van der Waals surface area contributed by atoms with Crippen molar-refractivity contribution in [3.63, 3.8) is 0 Å². The molecule has 19 unspecified atom stereocenters. The highest BCUT2D eigenvalue weighted by Crippen LogP contribution is 2.57. The summed E-state index contributed by atoms with van der Waals surface area (Å²) in [6.07, 6.45) is 14.8. The van der Waals surface area contributed by atoms with Crippen molar-refractivity contribution in [1.82, 2.24) is 0 Å². The van der Waals surface area contributed by atoms with Crippen LogP contribution < -0.4 is 0 Å². The molecule has 7 saturated carbocycles. The highest BCUT2D eigenvalue weighted by atomic mass is 16.7. The van der Waals surface area contributed by atoms with E-state index in [-0.39, 0.29) is 169 Å². The maximum atomic E-state index is 12.3. The Morgan fingerprint density at radius 2 is 0.938 bits per heavy atom. The van der Waals surface area contributed by atoms with Gasteiger partial charge in [0.1, 0.15) is 61.0 Å². The number of cyclic esters (lactones) is 1. The Bertz CT molecular complexity index is 2910. The van der Waals surface area contributed by atoms with Crippen molar-refractivity contribution in [3.05, 3.63) is 0 Å². The Kier molecular flexibility index (Phi) is 24.5. The molecular formula is C74H112O23. The first-order valence-corrected chi connectivity index (χ1v) is 36.2. The van der Waals surface area contributed by atoms with Gasteiger partial charge in [0.15, 0.2) is 13.4 Å². The zero-order valence-electron chi connectivity index (χ0n) is 60.5. The first-order chi connectivity index (χ1) is 45.4. The van der Waals surface area contributed by atoms with E-state index in [0.717, 1.165) is 109 Å². The van der Waals surface area contributed by atoms with E-state index < -0.39 is 39.0 Å². The standard InChI is InChI=1S/C16H22O6.C16H26O4.C15H22O5.C14H22O4.C13H20O4/c1-4-16(2,3)15(19)20-7-11(17)21-12-8-5-9-10(6-8)14(18)22-13(9)12;1-4-16(2,3)15(18)20-12-8-6-5-7-11(12)13-9-10-14(17)19-13;1-4-15(2,3)14(17)19-7-18-11-8-5-9-10(6-8)13(16)20-12(9)11;1-5-13(2,3)11(15)17-9-6-7-14(4)8-10(9)18-12(14)16;1-4-13(2,3)12(15)17-9-6-5-8-7-10(9)16-11(8)14/h8-10,12-13H,4-7H2,1-3H3;11-13H,4-10H2,1-3H3;8-12H,4-7H2,1-3H3;9-10H,5-8H2,1-4H3;8-10H,4-7H2,1-3H3. The topological polar surface area (TPSA) is 299 Å². The summed E-state index contributed by atoms with van der Waals surface area (Å²) in [5.41, 5.74) is -2.81. The number of hydrogen-bond donors (Lipinski definition) is 0. The monoisotopic (exact) mass is 1370 g/mol. The molecule has 12 fully saturated rings. The Morgan fingerprint density at radius 1 is 0.454 bits per heavy atom. The predicted molar refractivity (Wildman–Crippen MR) is 346 cm³/mol. The average Bonchev–Trinajstić information content (AvgIpc) is 1.59. The molecule has 5 heterocycles. The lowest BCUT2D eigenvalue weighted by Gasteiger charge is -2.35. The fourth-order valence-corrected chi connectivity index (χ4v) is 15.1. The molecule has 0 spiro atoms. The van der Waals surface area contributed by atoms with E-state index in [0.29, 0.717) is 37.5 Å². The van der Waals surface area contributed by atoms with Crippen LogP contribution in [0.2, 0.25) is 0 Å². The summed E-state index contributed by atoms with van der Waals surface area (Å²) in [6.45, 7) is 29.9. The van der Waals surface area contributed by atoms with Crippen molar-refractivity contribution < 1.29 is 110 Å². The van der Waals surface area contributed by atoms with Gasteiger partial charge in [-0.2, -0.15) is 0 Å². The maximum Gasteiger partial charge on any atom is 0.344 e. The number of fused-ring (bicyclic) bond motifs is 6. The van der Waals surface area contributed by atoms with E-state index in [1.807, 2.05) is 96.9 Å². The van der Waals surface area contributed by atoms with Crippen LogP contribution in [0.3, 0.4) is 0 Å². The molecule has 7 aliphatic carbocycles. The smallest absolute Gasteiger partial charge is 0.344 e. The summed E-state index contributed by atoms with van der Waals surface area (Å²) in [7, 11) is 0. The Labute approximate surface area is 572 Å². The number of carbonyl (C=O) groups excluding carboxylic acids is 11. The second kappa shape index (κ2) is 30.9. The van der Waals surface area contributed by atoms with Crippen LogP contribution in [0, 0.1) is 79.8 Å². The molecule has 0 aromatic heterocycles. The van der Waals surface area contributed by atoms with Crippen molar-refractivity contribution in [1.29, 1.82) is 0 Å². The van der Waals surface area contributed by atoms with Crippen LogP contribution in [0.25, 0.3) is 0 Å². The lowest BCUT2D eigenvalue weighted by atomic mass is 9.76. The summed E-state index contributed by atoms with van der Waals surface area (Å²) in [4.78, 5) is 130. The highest BCUT2D eigenvalue weighted by molar-refractivity contribution is 5.82. The predicted octanol–water partition coefficient (Wildman–Crippen LogP) is 11.1. The van der Waals surface area contributed by atoms with Crippen molar-refractivity contribution in [2.75, 3.05) is 13.4 Å². The minimum absolute atomic E-state index is 0.00636. The first-order valence-electron chi connectivity index (χ1n) is 36.2. The molecule has 23 nitrogen and oxygen atoms in total. The van der Waals surface area contributed by atoms with Crippen molar-refractivity contribution >= 4 is 65.7 Å². The van der Waals surface area contributed by atoms with Gasteiger partial charge in [0.25, 0.3) is 0 Å². The minimum atomic E-state index is -0.610. The van der Waals surface area contributed by atoms with Gasteiger partial charge in [-0.15, -0.1) is 0 Å². The first kappa shape index (κ1) is 76.9. The molecule has 0 aromatic rings. The van der Waals surface area contributed by atoms with Crippen LogP contribution in [0.4, 0.5) is 0 Å². The van der Waals surface area contributed by atoms with Gasteiger partial charge < -0.3 is 56.8 Å². The van der Waals surface area contributed by atoms with Crippen molar-refractivity contribution in [3.8, 4) is 0 Å². The van der Waals surface area contributed by atoms with Gasteiger partial charge in [-0.25, -0.2) is 4.79 Å². The van der Waals surface area contributed by atoms with E-state index in [9.17, 15) is 52.7 Å². The molecule has 8 bridgehead atoms. The summed E-state index contributed by atoms with van der Waals surface area (Å²) < 4.78 is 64.9. The lowest BCUT2D eigenvalue weighted by molar-refractivity contribution is -0.180. The summed E-state index contributed by atoms with van der Waals surface area (Å²) >= 11 is 0. The van der Waals surface area contributed by atoms with Crippen LogP contribution in [0.1, 0.15) is 246 Å². The van der Waals surface area contributed by atoms with E-state index in [4.69, 9.17) is 56.8 Å². The molecule has 0 amide bonds. The molecule has 19 atom stereocenters. The van der Waals surface area contributed by atoms with Crippen molar-refractivity contribution in [2.45, 2.75) is 307 Å². The van der Waals surface area contributed by atoms with Crippen LogP contribution in [0.15, 0.2) is 0 Å². The second-order valence-corrected chi connectivity index (χ2v) is 32.8. The van der Waals surface area contributed by atoms with E-state index in [2.05, 4.69) is 0 Å². The fraction of sp³-hybridized carbons (Fsp3) is 0.851. The summed E-state index contributed by atoms with van der Waals surface area (Å²) in [6, 6.07) is 0. The lowest BCUT2D eigenvalue weighted by Crippen LogP contribution is -2.40. The fourth-order valence-electron chi connectivity index (χ4n) is 15.1. The van der Waals surface area contributed by atoms with Gasteiger partial charge in [0.2, 0.25) is 0 Å². The summed E-state index contributed by atoms with van der Waals surface area (Å²) in [5, 5.41) is 0. The van der Waals surface area contributed by atoms with Crippen molar-refractivity contribution in [2.24, 2.45) is 79.8 Å². The Morgan fingerprint density at radius 3 is 1.46 bits per heavy atom.